The van der Waals surface area contributed by atoms with Crippen molar-refractivity contribution >= 4 is 27.3 Å². The lowest BCUT2D eigenvalue weighted by molar-refractivity contribution is 0.0762. The van der Waals surface area contributed by atoms with Crippen LogP contribution in [0.5, 0.6) is 0 Å². The Balaban J connectivity index is 2.50. The van der Waals surface area contributed by atoms with Gasteiger partial charge in [0.05, 0.1) is 16.8 Å². The number of ether oxygens (including phenoxy) is 1. The molecule has 0 atom stereocenters. The lowest BCUT2D eigenvalue weighted by Gasteiger charge is -2.11. The fourth-order valence-electron chi connectivity index (χ4n) is 1.63. The Morgan fingerprint density at radius 3 is 2.65 bits per heavy atom. The van der Waals surface area contributed by atoms with Crippen LogP contribution in [-0.4, -0.2) is 27.7 Å². The molecule has 0 aromatic heterocycles. The van der Waals surface area contributed by atoms with E-state index in [0.29, 0.717) is 19.6 Å². The smallest absolute Gasteiger partial charge is 0.244 e. The third-order valence-corrected chi connectivity index (χ3v) is 4.58. The summed E-state index contributed by atoms with van der Waals surface area (Å²) >= 11 is 5.89. The number of rotatable bonds is 8. The molecule has 0 unspecified atom stereocenters. The van der Waals surface area contributed by atoms with Crippen LogP contribution < -0.4 is 10.5 Å². The summed E-state index contributed by atoms with van der Waals surface area (Å²) in [6.07, 6.45) is 1.67. The van der Waals surface area contributed by atoms with E-state index in [1.807, 2.05) is 13.8 Å². The summed E-state index contributed by atoms with van der Waals surface area (Å²) in [7, 11) is -3.67. The third kappa shape index (κ3) is 5.28. The number of hydrogen-bond donors (Lipinski definition) is 2. The van der Waals surface area contributed by atoms with Crippen LogP contribution in [0.1, 0.15) is 26.7 Å². The maximum Gasteiger partial charge on any atom is 0.244 e. The number of nitrogens with one attached hydrogen (secondary N) is 1. The molecule has 1 aromatic rings. The first-order valence-electron chi connectivity index (χ1n) is 6.50. The number of benzene rings is 1. The molecular formula is C13H21ClN2O3S. The predicted molar refractivity (Wildman–Crippen MR) is 81.4 cm³/mol. The van der Waals surface area contributed by atoms with Gasteiger partial charge in [-0.2, -0.15) is 0 Å². The van der Waals surface area contributed by atoms with E-state index < -0.39 is 10.0 Å². The Kier molecular flexibility index (Phi) is 6.75. The lowest BCUT2D eigenvalue weighted by atomic mass is 10.3. The number of nitrogen functional groups attached to an aromatic ring is 1. The van der Waals surface area contributed by atoms with E-state index in [0.717, 1.165) is 6.42 Å². The predicted octanol–water partition coefficient (Wildman–Crippen LogP) is 2.41. The van der Waals surface area contributed by atoms with Gasteiger partial charge in [-0.25, -0.2) is 13.1 Å². The Labute approximate surface area is 125 Å². The summed E-state index contributed by atoms with van der Waals surface area (Å²) < 4.78 is 32.1. The molecule has 0 spiro atoms. The van der Waals surface area contributed by atoms with Gasteiger partial charge in [0.2, 0.25) is 10.0 Å². The van der Waals surface area contributed by atoms with Crippen molar-refractivity contribution in [3.63, 3.8) is 0 Å². The van der Waals surface area contributed by atoms with Crippen molar-refractivity contribution in [1.29, 1.82) is 0 Å². The zero-order valence-electron chi connectivity index (χ0n) is 11.7. The molecular weight excluding hydrogens is 300 g/mol. The fourth-order valence-corrected chi connectivity index (χ4v) is 3.38. The molecule has 0 saturated carbocycles. The van der Waals surface area contributed by atoms with Gasteiger partial charge in [-0.3, -0.25) is 0 Å². The number of unbranched alkanes of at least 4 members (excludes halogenated alkanes) is 1. The zero-order valence-corrected chi connectivity index (χ0v) is 13.3. The zero-order chi connectivity index (χ0) is 15.2. The molecule has 0 saturated heterocycles. The molecule has 7 heteroatoms. The van der Waals surface area contributed by atoms with E-state index in [4.69, 9.17) is 22.1 Å². The summed E-state index contributed by atoms with van der Waals surface area (Å²) in [4.78, 5) is -0.0555. The van der Waals surface area contributed by atoms with Gasteiger partial charge in [0, 0.05) is 13.2 Å². The molecule has 3 N–H and O–H groups in total. The van der Waals surface area contributed by atoms with Gasteiger partial charge in [-0.15, -0.1) is 0 Å². The average molecular weight is 321 g/mol. The Hall–Kier alpha value is -0.820. The third-order valence-electron chi connectivity index (χ3n) is 2.58. The SMILES string of the molecule is CC(C)OCCCCNS(=O)(=O)c1c(N)cccc1Cl. The molecule has 0 amide bonds. The van der Waals surface area contributed by atoms with Crippen LogP contribution in [0.2, 0.25) is 5.02 Å². The highest BCUT2D eigenvalue weighted by Crippen LogP contribution is 2.26. The first kappa shape index (κ1) is 17.2. The fraction of sp³-hybridized carbons (Fsp3) is 0.538. The lowest BCUT2D eigenvalue weighted by Crippen LogP contribution is -2.26. The molecule has 0 aliphatic carbocycles. The summed E-state index contributed by atoms with van der Waals surface area (Å²) in [6.45, 7) is 4.87. The van der Waals surface area contributed by atoms with Crippen LogP contribution in [0.3, 0.4) is 0 Å². The second-order valence-corrected chi connectivity index (χ2v) is 6.79. The summed E-state index contributed by atoms with van der Waals surface area (Å²) in [6, 6.07) is 4.62. The minimum absolute atomic E-state index is 0.0555. The summed E-state index contributed by atoms with van der Waals surface area (Å²) in [5.41, 5.74) is 5.82. The largest absolute Gasteiger partial charge is 0.398 e. The first-order chi connectivity index (χ1) is 9.34. The molecule has 20 heavy (non-hydrogen) atoms. The summed E-state index contributed by atoms with van der Waals surface area (Å²) in [5.74, 6) is 0. The van der Waals surface area contributed by atoms with Crippen LogP contribution >= 0.6 is 11.6 Å². The number of nitrogens with two attached hydrogens (primary N) is 1. The Bertz CT molecular complexity index is 512. The van der Waals surface area contributed by atoms with E-state index in [9.17, 15) is 8.42 Å². The van der Waals surface area contributed by atoms with Gasteiger partial charge in [-0.1, -0.05) is 17.7 Å². The second kappa shape index (κ2) is 7.83. The van der Waals surface area contributed by atoms with Crippen molar-refractivity contribution in [2.45, 2.75) is 37.7 Å². The standard InChI is InChI=1S/C13H21ClN2O3S/c1-10(2)19-9-4-3-8-16-20(17,18)13-11(14)6-5-7-12(13)15/h5-7,10,16H,3-4,8-9,15H2,1-2H3. The van der Waals surface area contributed by atoms with Crippen LogP contribution in [0, 0.1) is 0 Å². The molecule has 0 fully saturated rings. The van der Waals surface area contributed by atoms with Crippen LogP contribution in [0.4, 0.5) is 5.69 Å². The monoisotopic (exact) mass is 320 g/mol. The average Bonchev–Trinajstić information content (AvgIpc) is 2.32. The Morgan fingerprint density at radius 2 is 2.05 bits per heavy atom. The van der Waals surface area contributed by atoms with E-state index in [1.54, 1.807) is 6.07 Å². The molecule has 1 aromatic carbocycles. The minimum Gasteiger partial charge on any atom is -0.398 e. The highest BCUT2D eigenvalue weighted by molar-refractivity contribution is 7.89. The molecule has 1 rings (SSSR count). The van der Waals surface area contributed by atoms with Gasteiger partial charge in [0.1, 0.15) is 4.90 Å². The highest BCUT2D eigenvalue weighted by atomic mass is 35.5. The maximum absolute atomic E-state index is 12.1. The quantitative estimate of drug-likeness (QED) is 0.569. The van der Waals surface area contributed by atoms with Crippen molar-refractivity contribution in [3.05, 3.63) is 23.2 Å². The van der Waals surface area contributed by atoms with Crippen LogP contribution in [-0.2, 0) is 14.8 Å². The highest BCUT2D eigenvalue weighted by Gasteiger charge is 2.20. The topological polar surface area (TPSA) is 81.4 Å². The number of anilines is 1. The summed E-state index contributed by atoms with van der Waals surface area (Å²) in [5, 5.41) is 0.126. The van der Waals surface area contributed by atoms with E-state index in [-0.39, 0.29) is 21.7 Å². The van der Waals surface area contributed by atoms with Gasteiger partial charge in [0.15, 0.2) is 0 Å². The van der Waals surface area contributed by atoms with Crippen LogP contribution in [0.15, 0.2) is 23.1 Å². The van der Waals surface area contributed by atoms with Crippen molar-refractivity contribution in [2.24, 2.45) is 0 Å². The van der Waals surface area contributed by atoms with Crippen LogP contribution in [0.25, 0.3) is 0 Å². The van der Waals surface area contributed by atoms with Crippen molar-refractivity contribution in [1.82, 2.24) is 4.72 Å². The number of halogens is 1. The van der Waals surface area contributed by atoms with E-state index in [1.165, 1.54) is 12.1 Å². The van der Waals surface area contributed by atoms with Crippen molar-refractivity contribution in [3.8, 4) is 0 Å². The number of hydrogen-bond acceptors (Lipinski definition) is 4. The van der Waals surface area contributed by atoms with Gasteiger partial charge >= 0.3 is 0 Å². The van der Waals surface area contributed by atoms with Gasteiger partial charge < -0.3 is 10.5 Å². The minimum atomic E-state index is -3.67. The van der Waals surface area contributed by atoms with Gasteiger partial charge in [0.25, 0.3) is 0 Å². The normalized spacial score (nSPS) is 12.0. The maximum atomic E-state index is 12.1. The van der Waals surface area contributed by atoms with Crippen molar-refractivity contribution in [2.75, 3.05) is 18.9 Å². The van der Waals surface area contributed by atoms with Crippen molar-refractivity contribution < 1.29 is 13.2 Å². The second-order valence-electron chi connectivity index (χ2n) is 4.68. The molecule has 0 heterocycles. The van der Waals surface area contributed by atoms with Gasteiger partial charge in [-0.05, 0) is 38.8 Å². The molecule has 0 aliphatic rings. The molecule has 0 radical (unpaired) electrons. The molecule has 0 bridgehead atoms. The van der Waals surface area contributed by atoms with E-state index >= 15 is 0 Å². The molecule has 114 valence electrons. The number of sulfonamides is 1. The molecule has 5 nitrogen and oxygen atoms in total. The molecule has 0 aliphatic heterocycles. The Morgan fingerprint density at radius 1 is 1.35 bits per heavy atom. The van der Waals surface area contributed by atoms with E-state index in [2.05, 4.69) is 4.72 Å². The first-order valence-corrected chi connectivity index (χ1v) is 8.36.